The van der Waals surface area contributed by atoms with Gasteiger partial charge in [-0.15, -0.1) is 0 Å². The summed E-state index contributed by atoms with van der Waals surface area (Å²) in [7, 11) is 1.18. The normalized spacial score (nSPS) is 11.7. The number of carbonyl (C=O) groups excluding carboxylic acids is 2. The zero-order chi connectivity index (χ0) is 12.8. The van der Waals surface area contributed by atoms with Crippen LogP contribution in [0.1, 0.15) is 10.4 Å². The molecule has 17 heavy (non-hydrogen) atoms. The van der Waals surface area contributed by atoms with Crippen LogP contribution in [0.5, 0.6) is 0 Å². The molecule has 0 saturated carbocycles. The molecule has 1 rings (SSSR count). The SMILES string of the molecule is COC(=O)[C@H](CO)NC(=O)c1cccc(Cl)c1. The molecule has 5 nitrogen and oxygen atoms in total. The molecule has 0 aromatic heterocycles. The Morgan fingerprint density at radius 1 is 1.53 bits per heavy atom. The number of esters is 1. The maximum Gasteiger partial charge on any atom is 0.330 e. The van der Waals surface area contributed by atoms with Crippen molar-refractivity contribution < 1.29 is 19.4 Å². The Hall–Kier alpha value is -1.59. The van der Waals surface area contributed by atoms with Gasteiger partial charge in [-0.25, -0.2) is 4.79 Å². The standard InChI is InChI=1S/C11H12ClNO4/c1-17-11(16)9(6-14)13-10(15)7-3-2-4-8(12)5-7/h2-5,9,14H,6H2,1H3,(H,13,15)/t9-/m0/s1. The van der Waals surface area contributed by atoms with Crippen LogP contribution in [-0.4, -0.2) is 36.7 Å². The number of rotatable bonds is 4. The minimum absolute atomic E-state index is 0.305. The molecule has 1 atom stereocenters. The first-order valence-corrected chi connectivity index (χ1v) is 5.21. The summed E-state index contributed by atoms with van der Waals surface area (Å²) in [4.78, 5) is 22.9. The Morgan fingerprint density at radius 2 is 2.24 bits per heavy atom. The van der Waals surface area contributed by atoms with Gasteiger partial charge in [0.05, 0.1) is 13.7 Å². The predicted octanol–water partition coefficient (Wildman–Crippen LogP) is 0.604. The van der Waals surface area contributed by atoms with E-state index in [9.17, 15) is 9.59 Å². The minimum atomic E-state index is -1.08. The number of hydrogen-bond acceptors (Lipinski definition) is 4. The average molecular weight is 258 g/mol. The minimum Gasteiger partial charge on any atom is -0.467 e. The quantitative estimate of drug-likeness (QED) is 0.775. The molecule has 6 heteroatoms. The lowest BCUT2D eigenvalue weighted by molar-refractivity contribution is -0.143. The third-order valence-corrected chi connectivity index (χ3v) is 2.30. The zero-order valence-electron chi connectivity index (χ0n) is 9.14. The first-order valence-electron chi connectivity index (χ1n) is 4.83. The van der Waals surface area contributed by atoms with E-state index in [0.717, 1.165) is 0 Å². The number of ether oxygens (including phenoxy) is 1. The molecule has 2 N–H and O–H groups in total. The monoisotopic (exact) mass is 257 g/mol. The van der Waals surface area contributed by atoms with Crippen molar-refractivity contribution >= 4 is 23.5 Å². The maximum atomic E-state index is 11.7. The molecule has 0 radical (unpaired) electrons. The highest BCUT2D eigenvalue weighted by Gasteiger charge is 2.20. The van der Waals surface area contributed by atoms with Gasteiger partial charge in [-0.05, 0) is 18.2 Å². The molecule has 0 spiro atoms. The number of halogens is 1. The fraction of sp³-hybridized carbons (Fsp3) is 0.273. The van der Waals surface area contributed by atoms with Crippen molar-refractivity contribution in [2.45, 2.75) is 6.04 Å². The molecule has 0 aliphatic carbocycles. The van der Waals surface area contributed by atoms with E-state index in [1.165, 1.54) is 13.2 Å². The van der Waals surface area contributed by atoms with Gasteiger partial charge in [0.2, 0.25) is 0 Å². The number of nitrogens with one attached hydrogen (secondary N) is 1. The number of methoxy groups -OCH3 is 1. The molecule has 1 amide bonds. The molecular formula is C11H12ClNO4. The topological polar surface area (TPSA) is 75.6 Å². The lowest BCUT2D eigenvalue weighted by Crippen LogP contribution is -2.44. The van der Waals surface area contributed by atoms with Crippen LogP contribution < -0.4 is 5.32 Å². The van der Waals surface area contributed by atoms with Gasteiger partial charge in [-0.3, -0.25) is 4.79 Å². The van der Waals surface area contributed by atoms with E-state index in [-0.39, 0.29) is 0 Å². The summed E-state index contributed by atoms with van der Waals surface area (Å²) >= 11 is 5.73. The fourth-order valence-electron chi connectivity index (χ4n) is 1.19. The van der Waals surface area contributed by atoms with E-state index in [1.54, 1.807) is 18.2 Å². The number of aliphatic hydroxyl groups is 1. The van der Waals surface area contributed by atoms with Gasteiger partial charge in [-0.2, -0.15) is 0 Å². The number of hydrogen-bond donors (Lipinski definition) is 2. The highest BCUT2D eigenvalue weighted by molar-refractivity contribution is 6.30. The average Bonchev–Trinajstić information content (AvgIpc) is 2.34. The molecule has 1 aromatic carbocycles. The second-order valence-corrected chi connectivity index (χ2v) is 3.68. The Balaban J connectivity index is 2.74. The van der Waals surface area contributed by atoms with Gasteiger partial charge < -0.3 is 15.2 Å². The predicted molar refractivity (Wildman–Crippen MR) is 61.8 cm³/mol. The summed E-state index contributed by atoms with van der Waals surface area (Å²) in [5.41, 5.74) is 0.305. The van der Waals surface area contributed by atoms with Crippen molar-refractivity contribution in [2.75, 3.05) is 13.7 Å². The van der Waals surface area contributed by atoms with Gasteiger partial charge in [0, 0.05) is 10.6 Å². The van der Waals surface area contributed by atoms with Gasteiger partial charge >= 0.3 is 5.97 Å². The summed E-state index contributed by atoms with van der Waals surface area (Å²) in [6, 6.07) is 5.17. The van der Waals surface area contributed by atoms with E-state index in [2.05, 4.69) is 10.1 Å². The molecule has 0 unspecified atom stereocenters. The lowest BCUT2D eigenvalue weighted by atomic mass is 10.2. The molecule has 0 heterocycles. The number of amides is 1. The van der Waals surface area contributed by atoms with E-state index in [1.807, 2.05) is 0 Å². The Bertz CT molecular complexity index is 422. The summed E-state index contributed by atoms with van der Waals surface area (Å²) in [5.74, 6) is -1.21. The molecule has 1 aromatic rings. The largest absolute Gasteiger partial charge is 0.467 e. The van der Waals surface area contributed by atoms with Crippen molar-refractivity contribution in [2.24, 2.45) is 0 Å². The van der Waals surface area contributed by atoms with E-state index < -0.39 is 24.5 Å². The molecule has 0 saturated heterocycles. The van der Waals surface area contributed by atoms with E-state index in [0.29, 0.717) is 10.6 Å². The second-order valence-electron chi connectivity index (χ2n) is 3.24. The van der Waals surface area contributed by atoms with Gasteiger partial charge in [-0.1, -0.05) is 17.7 Å². The third kappa shape index (κ3) is 3.72. The van der Waals surface area contributed by atoms with Gasteiger partial charge in [0.25, 0.3) is 5.91 Å². The summed E-state index contributed by atoms with van der Waals surface area (Å²) in [6.45, 7) is -0.529. The van der Waals surface area contributed by atoms with E-state index in [4.69, 9.17) is 16.7 Å². The summed E-state index contributed by atoms with van der Waals surface area (Å²) in [6.07, 6.45) is 0. The van der Waals surface area contributed by atoms with Crippen LogP contribution in [0.2, 0.25) is 5.02 Å². The van der Waals surface area contributed by atoms with Crippen LogP contribution in [0.3, 0.4) is 0 Å². The van der Waals surface area contributed by atoms with Crippen molar-refractivity contribution in [1.82, 2.24) is 5.32 Å². The lowest BCUT2D eigenvalue weighted by Gasteiger charge is -2.13. The fourth-order valence-corrected chi connectivity index (χ4v) is 1.38. The van der Waals surface area contributed by atoms with Crippen LogP contribution in [0, 0.1) is 0 Å². The molecule has 0 aliphatic rings. The summed E-state index contributed by atoms with van der Waals surface area (Å²) in [5, 5.41) is 11.7. The molecule has 92 valence electrons. The second kappa shape index (κ2) is 6.22. The first kappa shape index (κ1) is 13.5. The molecule has 0 bridgehead atoms. The molecule has 0 aliphatic heterocycles. The Kier molecular flexibility index (Phi) is 4.93. The van der Waals surface area contributed by atoms with Crippen LogP contribution >= 0.6 is 11.6 Å². The highest BCUT2D eigenvalue weighted by Crippen LogP contribution is 2.10. The molecular weight excluding hydrogens is 246 g/mol. The van der Waals surface area contributed by atoms with Crippen molar-refractivity contribution in [1.29, 1.82) is 0 Å². The summed E-state index contributed by atoms with van der Waals surface area (Å²) < 4.78 is 4.42. The highest BCUT2D eigenvalue weighted by atomic mass is 35.5. The van der Waals surface area contributed by atoms with Crippen LogP contribution in [0.25, 0.3) is 0 Å². The first-order chi connectivity index (χ1) is 8.08. The number of carbonyl (C=O) groups is 2. The van der Waals surface area contributed by atoms with Crippen LogP contribution in [0.15, 0.2) is 24.3 Å². The van der Waals surface area contributed by atoms with Crippen molar-refractivity contribution in [3.05, 3.63) is 34.9 Å². The van der Waals surface area contributed by atoms with Crippen LogP contribution in [-0.2, 0) is 9.53 Å². The van der Waals surface area contributed by atoms with Crippen molar-refractivity contribution in [3.8, 4) is 0 Å². The van der Waals surface area contributed by atoms with Gasteiger partial charge in [0.1, 0.15) is 0 Å². The van der Waals surface area contributed by atoms with Crippen molar-refractivity contribution in [3.63, 3.8) is 0 Å². The zero-order valence-corrected chi connectivity index (χ0v) is 9.90. The number of aliphatic hydroxyl groups excluding tert-OH is 1. The third-order valence-electron chi connectivity index (χ3n) is 2.06. The van der Waals surface area contributed by atoms with Gasteiger partial charge in [0.15, 0.2) is 6.04 Å². The number of benzene rings is 1. The maximum absolute atomic E-state index is 11.7. The Morgan fingerprint density at radius 3 is 2.76 bits per heavy atom. The Labute approximate surface area is 103 Å². The van der Waals surface area contributed by atoms with Crippen LogP contribution in [0.4, 0.5) is 0 Å². The smallest absolute Gasteiger partial charge is 0.330 e. The molecule has 0 fully saturated rings. The van der Waals surface area contributed by atoms with E-state index >= 15 is 0 Å².